The Morgan fingerprint density at radius 2 is 2.04 bits per heavy atom. The van der Waals surface area contributed by atoms with Crippen LogP contribution in [0.25, 0.3) is 6.08 Å². The summed E-state index contributed by atoms with van der Waals surface area (Å²) < 4.78 is 0. The first-order valence-electron chi connectivity index (χ1n) is 8.67. The fourth-order valence-corrected chi connectivity index (χ4v) is 3.71. The van der Waals surface area contributed by atoms with Gasteiger partial charge in [0.1, 0.15) is 0 Å². The highest BCUT2D eigenvalue weighted by Crippen LogP contribution is 2.25. The standard InChI is InChI=1S/C19H27N3O/c1-21-13-17-9-5-11-18(21)15-22(14-17)19(23)20-12-6-10-16-7-3-2-4-8-16/h2-4,6-8,10,17-18H,5,9,11-15H2,1H3,(H,20,23)/b10-6+/t17-,18-/m0/s1. The highest BCUT2D eigenvalue weighted by molar-refractivity contribution is 5.74. The second-order valence-corrected chi connectivity index (χ2v) is 6.79. The Hall–Kier alpha value is -1.81. The van der Waals surface area contributed by atoms with Gasteiger partial charge in [0.05, 0.1) is 0 Å². The SMILES string of the molecule is CN1C[C@@H]2CCC[C@H]1CN(C(=O)NC/C=C/c1ccccc1)C2. The molecular formula is C19H27N3O. The molecule has 1 aromatic rings. The average Bonchev–Trinajstić information content (AvgIpc) is 2.81. The van der Waals surface area contributed by atoms with Gasteiger partial charge in [0.25, 0.3) is 0 Å². The number of hydrogen-bond donors (Lipinski definition) is 1. The number of benzene rings is 1. The van der Waals surface area contributed by atoms with E-state index < -0.39 is 0 Å². The maximum atomic E-state index is 12.5. The minimum Gasteiger partial charge on any atom is -0.335 e. The topological polar surface area (TPSA) is 35.6 Å². The lowest BCUT2D eigenvalue weighted by Gasteiger charge is -2.29. The third-order valence-electron chi connectivity index (χ3n) is 5.00. The van der Waals surface area contributed by atoms with Gasteiger partial charge in [-0.15, -0.1) is 0 Å². The van der Waals surface area contributed by atoms with E-state index in [2.05, 4.69) is 29.4 Å². The molecule has 23 heavy (non-hydrogen) atoms. The van der Waals surface area contributed by atoms with Gasteiger partial charge >= 0.3 is 6.03 Å². The fraction of sp³-hybridized carbons (Fsp3) is 0.526. The van der Waals surface area contributed by atoms with Crippen LogP contribution in [0.15, 0.2) is 36.4 Å². The van der Waals surface area contributed by atoms with Gasteiger partial charge in [0.2, 0.25) is 0 Å². The molecule has 2 heterocycles. The molecule has 124 valence electrons. The first-order valence-corrected chi connectivity index (χ1v) is 8.67. The van der Waals surface area contributed by atoms with Crippen LogP contribution in [-0.4, -0.2) is 55.1 Å². The summed E-state index contributed by atoms with van der Waals surface area (Å²) in [5.41, 5.74) is 1.16. The van der Waals surface area contributed by atoms with Crippen molar-refractivity contribution in [2.24, 2.45) is 5.92 Å². The predicted molar refractivity (Wildman–Crippen MR) is 94.2 cm³/mol. The summed E-state index contributed by atoms with van der Waals surface area (Å²) in [6, 6.07) is 10.8. The van der Waals surface area contributed by atoms with Crippen molar-refractivity contribution in [3.63, 3.8) is 0 Å². The Labute approximate surface area is 139 Å². The molecular weight excluding hydrogens is 286 g/mol. The molecule has 2 aliphatic rings. The Kier molecular flexibility index (Phi) is 5.34. The zero-order valence-corrected chi connectivity index (χ0v) is 13.9. The number of amides is 2. The van der Waals surface area contributed by atoms with Crippen LogP contribution in [0, 0.1) is 5.92 Å². The summed E-state index contributed by atoms with van der Waals surface area (Å²) in [4.78, 5) is 16.9. The summed E-state index contributed by atoms with van der Waals surface area (Å²) in [6.45, 7) is 3.47. The largest absolute Gasteiger partial charge is 0.335 e. The number of fused-ring (bicyclic) bond motifs is 3. The van der Waals surface area contributed by atoms with Crippen LogP contribution in [0.4, 0.5) is 4.79 Å². The molecule has 2 bridgehead atoms. The van der Waals surface area contributed by atoms with Crippen LogP contribution >= 0.6 is 0 Å². The Morgan fingerprint density at radius 3 is 2.87 bits per heavy atom. The van der Waals surface area contributed by atoms with Gasteiger partial charge in [-0.25, -0.2) is 4.79 Å². The third kappa shape index (κ3) is 4.35. The first-order chi connectivity index (χ1) is 11.2. The zero-order valence-electron chi connectivity index (χ0n) is 13.9. The van der Waals surface area contributed by atoms with Crippen molar-refractivity contribution >= 4 is 12.1 Å². The molecule has 0 aromatic heterocycles. The van der Waals surface area contributed by atoms with Crippen molar-refractivity contribution in [3.8, 4) is 0 Å². The zero-order chi connectivity index (χ0) is 16.1. The summed E-state index contributed by atoms with van der Waals surface area (Å²) in [7, 11) is 2.20. The number of urea groups is 1. The van der Waals surface area contributed by atoms with Crippen LogP contribution in [0.1, 0.15) is 24.8 Å². The molecule has 2 saturated heterocycles. The number of carbonyl (C=O) groups excluding carboxylic acids is 1. The second kappa shape index (κ2) is 7.64. The summed E-state index contributed by atoms with van der Waals surface area (Å²) in [5.74, 6) is 0.623. The van der Waals surface area contributed by atoms with E-state index in [-0.39, 0.29) is 6.03 Å². The van der Waals surface area contributed by atoms with E-state index in [1.54, 1.807) is 0 Å². The van der Waals surface area contributed by atoms with Crippen LogP contribution in [0.2, 0.25) is 0 Å². The molecule has 3 rings (SSSR count). The van der Waals surface area contributed by atoms with Gasteiger partial charge in [-0.1, -0.05) is 48.9 Å². The number of likely N-dealkylation sites (tertiary alicyclic amines) is 1. The van der Waals surface area contributed by atoms with Crippen LogP contribution in [-0.2, 0) is 0 Å². The molecule has 2 fully saturated rings. The van der Waals surface area contributed by atoms with Crippen molar-refractivity contribution < 1.29 is 4.79 Å². The van der Waals surface area contributed by atoms with Crippen molar-refractivity contribution in [2.75, 3.05) is 33.2 Å². The molecule has 0 unspecified atom stereocenters. The predicted octanol–water partition coefficient (Wildman–Crippen LogP) is 2.83. The highest BCUT2D eigenvalue weighted by atomic mass is 16.2. The van der Waals surface area contributed by atoms with Crippen LogP contribution in [0.3, 0.4) is 0 Å². The Morgan fingerprint density at radius 1 is 1.22 bits per heavy atom. The van der Waals surface area contributed by atoms with E-state index in [0.29, 0.717) is 18.5 Å². The van der Waals surface area contributed by atoms with E-state index >= 15 is 0 Å². The molecule has 4 nitrogen and oxygen atoms in total. The molecule has 2 atom stereocenters. The minimum absolute atomic E-state index is 0.0786. The lowest BCUT2D eigenvalue weighted by molar-refractivity contribution is 0.177. The van der Waals surface area contributed by atoms with Crippen molar-refractivity contribution in [1.29, 1.82) is 0 Å². The summed E-state index contributed by atoms with van der Waals surface area (Å²) >= 11 is 0. The lowest BCUT2D eigenvalue weighted by Crippen LogP contribution is -2.46. The highest BCUT2D eigenvalue weighted by Gasteiger charge is 2.32. The number of nitrogens with zero attached hydrogens (tertiary/aromatic N) is 2. The maximum Gasteiger partial charge on any atom is 0.317 e. The molecule has 0 aliphatic carbocycles. The number of likely N-dealkylation sites (N-methyl/N-ethyl adjacent to an activating group) is 1. The Balaban J connectivity index is 1.51. The molecule has 2 amide bonds. The van der Waals surface area contributed by atoms with Crippen molar-refractivity contribution in [2.45, 2.75) is 25.3 Å². The number of nitrogens with one attached hydrogen (secondary N) is 1. The van der Waals surface area contributed by atoms with Crippen LogP contribution in [0.5, 0.6) is 0 Å². The van der Waals surface area contributed by atoms with Gasteiger partial charge < -0.3 is 15.1 Å². The molecule has 4 heteroatoms. The minimum atomic E-state index is 0.0786. The van der Waals surface area contributed by atoms with E-state index in [0.717, 1.165) is 25.2 Å². The van der Waals surface area contributed by atoms with E-state index in [1.165, 1.54) is 19.3 Å². The maximum absolute atomic E-state index is 12.5. The van der Waals surface area contributed by atoms with Gasteiger partial charge in [-0.3, -0.25) is 0 Å². The molecule has 0 saturated carbocycles. The molecule has 1 N–H and O–H groups in total. The number of carbonyl (C=O) groups is 1. The molecule has 2 aliphatic heterocycles. The molecule has 0 radical (unpaired) electrons. The lowest BCUT2D eigenvalue weighted by atomic mass is 10.00. The molecule has 1 aromatic carbocycles. The number of rotatable bonds is 3. The first kappa shape index (κ1) is 16.1. The van der Waals surface area contributed by atoms with Gasteiger partial charge in [-0.05, 0) is 31.4 Å². The van der Waals surface area contributed by atoms with Crippen molar-refractivity contribution in [3.05, 3.63) is 42.0 Å². The Bertz CT molecular complexity index is 543. The normalized spacial score (nSPS) is 25.3. The van der Waals surface area contributed by atoms with Gasteiger partial charge in [0, 0.05) is 32.2 Å². The number of hydrogen-bond acceptors (Lipinski definition) is 2. The molecule has 0 spiro atoms. The van der Waals surface area contributed by atoms with Gasteiger partial charge in [-0.2, -0.15) is 0 Å². The van der Waals surface area contributed by atoms with Gasteiger partial charge in [0.15, 0.2) is 0 Å². The summed E-state index contributed by atoms with van der Waals surface area (Å²) in [5, 5.41) is 3.04. The van der Waals surface area contributed by atoms with Crippen molar-refractivity contribution in [1.82, 2.24) is 15.1 Å². The average molecular weight is 313 g/mol. The van der Waals surface area contributed by atoms with E-state index in [1.807, 2.05) is 35.3 Å². The second-order valence-electron chi connectivity index (χ2n) is 6.79. The summed E-state index contributed by atoms with van der Waals surface area (Å²) in [6.07, 6.45) is 7.82. The monoisotopic (exact) mass is 313 g/mol. The van der Waals surface area contributed by atoms with E-state index in [4.69, 9.17) is 0 Å². The van der Waals surface area contributed by atoms with Crippen LogP contribution < -0.4 is 5.32 Å². The third-order valence-corrected chi connectivity index (χ3v) is 5.00. The van der Waals surface area contributed by atoms with E-state index in [9.17, 15) is 4.79 Å². The quantitative estimate of drug-likeness (QED) is 0.931. The fourth-order valence-electron chi connectivity index (χ4n) is 3.71. The smallest absolute Gasteiger partial charge is 0.317 e.